The van der Waals surface area contributed by atoms with Crippen molar-refractivity contribution in [3.05, 3.63) is 49.6 Å². The number of aliphatic hydroxyl groups is 1. The number of aliphatic hydroxyl groups excluding tert-OH is 1. The van der Waals surface area contributed by atoms with Gasteiger partial charge in [0.1, 0.15) is 0 Å². The van der Waals surface area contributed by atoms with E-state index in [1.807, 2.05) is 12.2 Å². The molecule has 0 bridgehead atoms. The summed E-state index contributed by atoms with van der Waals surface area (Å²) in [6, 6.07) is 0. The van der Waals surface area contributed by atoms with Crippen LogP contribution in [-0.4, -0.2) is 28.3 Å². The third kappa shape index (κ3) is 32.4. The molecule has 4 unspecified atom stereocenters. The van der Waals surface area contributed by atoms with Crippen LogP contribution in [0.3, 0.4) is 0 Å². The Hall–Kier alpha value is -1.65. The van der Waals surface area contributed by atoms with E-state index >= 15 is 0 Å². The summed E-state index contributed by atoms with van der Waals surface area (Å²) in [4.78, 5) is 9.00. The molecule has 0 saturated heterocycles. The molecule has 0 aromatic rings. The van der Waals surface area contributed by atoms with Gasteiger partial charge in [-0.25, -0.2) is 0 Å². The zero-order chi connectivity index (χ0) is 26.9. The molecule has 35 heavy (non-hydrogen) atoms. The number of carboxylic acid groups (broad SMARTS) is 1. The Morgan fingerprint density at radius 2 is 1.09 bits per heavy atom. The molecule has 4 N–H and O–H groups in total. The van der Waals surface area contributed by atoms with E-state index in [0.29, 0.717) is 24.4 Å². The van der Waals surface area contributed by atoms with Crippen LogP contribution in [0.15, 0.2) is 49.6 Å². The summed E-state index contributed by atoms with van der Waals surface area (Å²) in [6.45, 7) is 28.2. The molecule has 0 aliphatic rings. The van der Waals surface area contributed by atoms with Gasteiger partial charge in [-0.15, -0.1) is 13.2 Å². The minimum atomic E-state index is -0.833. The average Bonchev–Trinajstić information content (AvgIpc) is 2.73. The molecule has 0 heterocycles. The average molecular weight is 497 g/mol. The lowest BCUT2D eigenvalue weighted by atomic mass is 9.87. The van der Waals surface area contributed by atoms with E-state index < -0.39 is 5.97 Å². The number of carbonyl (C=O) groups is 1. The van der Waals surface area contributed by atoms with Crippen LogP contribution < -0.4 is 0 Å². The van der Waals surface area contributed by atoms with Gasteiger partial charge in [0.15, 0.2) is 0 Å². The zero-order valence-corrected chi connectivity index (χ0v) is 24.1. The van der Waals surface area contributed by atoms with Crippen LogP contribution in [0.2, 0.25) is 0 Å². The first kappa shape index (κ1) is 40.5. The predicted molar refractivity (Wildman–Crippen MR) is 156 cm³/mol. The van der Waals surface area contributed by atoms with Gasteiger partial charge < -0.3 is 15.7 Å². The Morgan fingerprint density at radius 3 is 1.34 bits per heavy atom. The largest absolute Gasteiger partial charge is 0.481 e. The SMILES string of the molecule is C=CCCC(CCC(C)CCC)C(=C)C.C=CCCC(CCC(C)CCO)C(=C)C.CC(=O)O.O. The molecular weight excluding hydrogens is 436 g/mol. The fraction of sp³-hybridized carbons (Fsp3) is 0.710. The molecule has 0 rings (SSSR count). The number of hydrogen-bond acceptors (Lipinski definition) is 2. The lowest BCUT2D eigenvalue weighted by Gasteiger charge is -2.18. The van der Waals surface area contributed by atoms with Crippen LogP contribution in [-0.2, 0) is 4.79 Å². The fourth-order valence-corrected chi connectivity index (χ4v) is 3.89. The van der Waals surface area contributed by atoms with Gasteiger partial charge in [0.25, 0.3) is 5.97 Å². The Kier molecular flexibility index (Phi) is 33.1. The van der Waals surface area contributed by atoms with E-state index in [1.54, 1.807) is 0 Å². The van der Waals surface area contributed by atoms with Crippen molar-refractivity contribution < 1.29 is 20.5 Å². The first-order valence-electron chi connectivity index (χ1n) is 13.3. The summed E-state index contributed by atoms with van der Waals surface area (Å²) < 4.78 is 0. The van der Waals surface area contributed by atoms with Crippen molar-refractivity contribution in [2.24, 2.45) is 23.7 Å². The molecule has 0 aromatic carbocycles. The maximum Gasteiger partial charge on any atom is 0.300 e. The van der Waals surface area contributed by atoms with E-state index in [-0.39, 0.29) is 5.48 Å². The second-order valence-electron chi connectivity index (χ2n) is 10.0. The topological polar surface area (TPSA) is 89.0 Å². The summed E-state index contributed by atoms with van der Waals surface area (Å²) >= 11 is 0. The molecule has 4 heteroatoms. The van der Waals surface area contributed by atoms with Crippen LogP contribution in [0, 0.1) is 23.7 Å². The van der Waals surface area contributed by atoms with E-state index in [0.717, 1.165) is 32.1 Å². The summed E-state index contributed by atoms with van der Waals surface area (Å²) in [5.41, 5.74) is 2.63. The lowest BCUT2D eigenvalue weighted by molar-refractivity contribution is -0.134. The minimum Gasteiger partial charge on any atom is -0.481 e. The Labute approximate surface area is 218 Å². The van der Waals surface area contributed by atoms with Gasteiger partial charge in [0.05, 0.1) is 0 Å². The highest BCUT2D eigenvalue weighted by Gasteiger charge is 2.11. The highest BCUT2D eigenvalue weighted by molar-refractivity contribution is 5.62. The van der Waals surface area contributed by atoms with Crippen LogP contribution in [0.25, 0.3) is 0 Å². The standard InChI is InChI=1S/C15H28.C14H26O.C2H4O2.H2O/c1-6-8-10-15(13(3)4)12-11-14(5)9-7-2;1-5-6-7-14(12(2)3)9-8-13(4)10-11-15;1-2(3)4;/h6,14-15H,1,3,7-12H2,2,4-5H3;5,13-15H,1-2,6-11H2,3-4H3;1H3,(H,3,4);1H2. The number of carboxylic acids is 1. The summed E-state index contributed by atoms with van der Waals surface area (Å²) in [5.74, 6) is 2.01. The maximum absolute atomic E-state index is 9.00. The van der Waals surface area contributed by atoms with Crippen molar-refractivity contribution in [2.45, 2.75) is 112 Å². The van der Waals surface area contributed by atoms with Crippen LogP contribution in [0.5, 0.6) is 0 Å². The van der Waals surface area contributed by atoms with Crippen LogP contribution in [0.4, 0.5) is 0 Å². The van der Waals surface area contributed by atoms with Gasteiger partial charge >= 0.3 is 0 Å². The second kappa shape index (κ2) is 28.6. The van der Waals surface area contributed by atoms with Crippen molar-refractivity contribution >= 4 is 5.97 Å². The summed E-state index contributed by atoms with van der Waals surface area (Å²) in [6.07, 6.45) is 17.2. The van der Waals surface area contributed by atoms with Gasteiger partial charge in [0.2, 0.25) is 0 Å². The quantitative estimate of drug-likeness (QED) is 0.186. The molecule has 0 spiro atoms. The van der Waals surface area contributed by atoms with Crippen molar-refractivity contribution in [3.8, 4) is 0 Å². The first-order valence-corrected chi connectivity index (χ1v) is 13.3. The summed E-state index contributed by atoms with van der Waals surface area (Å²) in [5, 5.41) is 16.2. The van der Waals surface area contributed by atoms with E-state index in [1.165, 1.54) is 62.5 Å². The normalized spacial score (nSPS) is 13.2. The zero-order valence-electron chi connectivity index (χ0n) is 24.1. The van der Waals surface area contributed by atoms with Gasteiger partial charge in [0, 0.05) is 13.5 Å². The second-order valence-corrected chi connectivity index (χ2v) is 10.0. The van der Waals surface area contributed by atoms with Gasteiger partial charge in [-0.05, 0) is 82.5 Å². The molecule has 0 radical (unpaired) electrons. The summed E-state index contributed by atoms with van der Waals surface area (Å²) in [7, 11) is 0. The molecule has 0 amide bonds. The predicted octanol–water partition coefficient (Wildman–Crippen LogP) is 8.57. The molecule has 0 aromatic heterocycles. The highest BCUT2D eigenvalue weighted by atomic mass is 16.4. The number of hydrogen-bond donors (Lipinski definition) is 2. The van der Waals surface area contributed by atoms with Crippen molar-refractivity contribution in [3.63, 3.8) is 0 Å². The van der Waals surface area contributed by atoms with Crippen molar-refractivity contribution in [1.29, 1.82) is 0 Å². The van der Waals surface area contributed by atoms with Gasteiger partial charge in [-0.2, -0.15) is 0 Å². The molecule has 4 atom stereocenters. The smallest absolute Gasteiger partial charge is 0.300 e. The third-order valence-corrected chi connectivity index (χ3v) is 6.25. The molecule has 0 fully saturated rings. The number of aliphatic carboxylic acids is 1. The first-order chi connectivity index (χ1) is 16.0. The highest BCUT2D eigenvalue weighted by Crippen LogP contribution is 2.25. The van der Waals surface area contributed by atoms with E-state index in [9.17, 15) is 0 Å². The van der Waals surface area contributed by atoms with Crippen LogP contribution >= 0.6 is 0 Å². The Balaban J connectivity index is -0.000000232. The molecular formula is C31H60O4. The number of allylic oxidation sites excluding steroid dienone is 4. The minimum absolute atomic E-state index is 0. The van der Waals surface area contributed by atoms with E-state index in [4.69, 9.17) is 15.0 Å². The fourth-order valence-electron chi connectivity index (χ4n) is 3.89. The van der Waals surface area contributed by atoms with Gasteiger partial charge in [-0.3, -0.25) is 4.79 Å². The molecule has 4 nitrogen and oxygen atoms in total. The number of rotatable bonds is 18. The molecule has 0 aliphatic carbocycles. The van der Waals surface area contributed by atoms with E-state index in [2.05, 4.69) is 60.9 Å². The monoisotopic (exact) mass is 496 g/mol. The van der Waals surface area contributed by atoms with Crippen molar-refractivity contribution in [1.82, 2.24) is 0 Å². The third-order valence-electron chi connectivity index (χ3n) is 6.25. The Bertz CT molecular complexity index is 492. The van der Waals surface area contributed by atoms with Crippen molar-refractivity contribution in [2.75, 3.05) is 6.61 Å². The molecule has 0 aliphatic heterocycles. The molecule has 0 saturated carbocycles. The van der Waals surface area contributed by atoms with Crippen LogP contribution in [0.1, 0.15) is 112 Å². The molecule has 208 valence electrons. The van der Waals surface area contributed by atoms with Gasteiger partial charge in [-0.1, -0.05) is 82.9 Å². The maximum atomic E-state index is 9.00. The lowest BCUT2D eigenvalue weighted by Crippen LogP contribution is -2.05. The Morgan fingerprint density at radius 1 is 0.743 bits per heavy atom.